The second-order valence-corrected chi connectivity index (χ2v) is 7.42. The number of hydrogen-bond acceptors (Lipinski definition) is 3. The molecule has 5 heteroatoms. The standard InChI is InChI=1S/C13H18ClNO2S/c1-10-3-4-13(12(7-10)8-14)15-5-6-18(16,17)9-11(15)2/h3-4,7,11H,5-6,8-9H2,1-2H3. The van der Waals surface area contributed by atoms with E-state index in [9.17, 15) is 8.42 Å². The van der Waals surface area contributed by atoms with Gasteiger partial charge >= 0.3 is 0 Å². The highest BCUT2D eigenvalue weighted by Crippen LogP contribution is 2.27. The molecule has 3 nitrogen and oxygen atoms in total. The maximum absolute atomic E-state index is 11.6. The highest BCUT2D eigenvalue weighted by Gasteiger charge is 2.29. The van der Waals surface area contributed by atoms with Crippen molar-refractivity contribution in [3.63, 3.8) is 0 Å². The van der Waals surface area contributed by atoms with Crippen LogP contribution in [0.25, 0.3) is 0 Å². The van der Waals surface area contributed by atoms with Gasteiger partial charge in [-0.25, -0.2) is 8.42 Å². The molecule has 0 N–H and O–H groups in total. The first kappa shape index (κ1) is 13.7. The number of halogens is 1. The first-order valence-corrected chi connectivity index (χ1v) is 8.41. The summed E-state index contributed by atoms with van der Waals surface area (Å²) in [5.74, 6) is 0.905. The summed E-state index contributed by atoms with van der Waals surface area (Å²) >= 11 is 5.98. The van der Waals surface area contributed by atoms with Crippen LogP contribution >= 0.6 is 11.6 Å². The van der Waals surface area contributed by atoms with E-state index in [0.717, 1.165) is 11.3 Å². The van der Waals surface area contributed by atoms with Gasteiger partial charge in [0.1, 0.15) is 0 Å². The van der Waals surface area contributed by atoms with Crippen molar-refractivity contribution in [2.45, 2.75) is 25.8 Å². The van der Waals surface area contributed by atoms with Crippen molar-refractivity contribution in [1.29, 1.82) is 0 Å². The van der Waals surface area contributed by atoms with Gasteiger partial charge in [0.25, 0.3) is 0 Å². The van der Waals surface area contributed by atoms with Crippen LogP contribution < -0.4 is 4.90 Å². The van der Waals surface area contributed by atoms with Gasteiger partial charge in [-0.3, -0.25) is 0 Å². The fourth-order valence-electron chi connectivity index (χ4n) is 2.46. The molecule has 1 unspecified atom stereocenters. The Bertz CT molecular complexity index is 542. The van der Waals surface area contributed by atoms with Crippen molar-refractivity contribution in [3.8, 4) is 0 Å². The monoisotopic (exact) mass is 287 g/mol. The van der Waals surface area contributed by atoms with Gasteiger partial charge in [-0.05, 0) is 25.5 Å². The van der Waals surface area contributed by atoms with Gasteiger partial charge in [-0.1, -0.05) is 17.7 Å². The number of nitrogens with zero attached hydrogens (tertiary/aromatic N) is 1. The quantitative estimate of drug-likeness (QED) is 0.784. The minimum absolute atomic E-state index is 0.00780. The van der Waals surface area contributed by atoms with Crippen molar-refractivity contribution in [3.05, 3.63) is 29.3 Å². The molecular formula is C13H18ClNO2S. The molecule has 0 spiro atoms. The molecule has 18 heavy (non-hydrogen) atoms. The average molecular weight is 288 g/mol. The Balaban J connectivity index is 2.32. The first-order valence-electron chi connectivity index (χ1n) is 6.05. The fourth-order valence-corrected chi connectivity index (χ4v) is 4.23. The molecule has 0 aromatic heterocycles. The highest BCUT2D eigenvalue weighted by atomic mass is 35.5. The molecule has 1 saturated heterocycles. The minimum Gasteiger partial charge on any atom is -0.367 e. The van der Waals surface area contributed by atoms with Crippen LogP contribution in [0.4, 0.5) is 5.69 Å². The van der Waals surface area contributed by atoms with Crippen molar-refractivity contribution in [1.82, 2.24) is 0 Å². The van der Waals surface area contributed by atoms with Crippen LogP contribution in [-0.4, -0.2) is 32.5 Å². The Morgan fingerprint density at radius 3 is 2.78 bits per heavy atom. The predicted molar refractivity (Wildman–Crippen MR) is 76.2 cm³/mol. The third-order valence-corrected chi connectivity index (χ3v) is 5.44. The lowest BCUT2D eigenvalue weighted by Gasteiger charge is -2.36. The Kier molecular flexibility index (Phi) is 3.87. The smallest absolute Gasteiger partial charge is 0.154 e. The van der Waals surface area contributed by atoms with Gasteiger partial charge in [-0.15, -0.1) is 11.6 Å². The molecule has 0 saturated carbocycles. The van der Waals surface area contributed by atoms with Crippen LogP contribution in [-0.2, 0) is 15.7 Å². The predicted octanol–water partition coefficient (Wildman–Crippen LogP) is 2.36. The van der Waals surface area contributed by atoms with Crippen molar-refractivity contribution in [2.24, 2.45) is 0 Å². The molecule has 2 rings (SSSR count). The van der Waals surface area contributed by atoms with E-state index < -0.39 is 9.84 Å². The number of alkyl halides is 1. The Hall–Kier alpha value is -0.740. The first-order chi connectivity index (χ1) is 8.43. The zero-order chi connectivity index (χ0) is 13.3. The van der Waals surface area contributed by atoms with Crippen LogP contribution in [0.2, 0.25) is 0 Å². The molecule has 0 aliphatic carbocycles. The van der Waals surface area contributed by atoms with E-state index in [1.54, 1.807) is 0 Å². The summed E-state index contributed by atoms with van der Waals surface area (Å²) in [7, 11) is -2.88. The number of hydrogen-bond donors (Lipinski definition) is 0. The third kappa shape index (κ3) is 2.81. The molecular weight excluding hydrogens is 270 g/mol. The number of anilines is 1. The van der Waals surface area contributed by atoms with E-state index in [2.05, 4.69) is 11.0 Å². The molecule has 1 aliphatic heterocycles. The number of sulfone groups is 1. The van der Waals surface area contributed by atoms with Gasteiger partial charge < -0.3 is 4.90 Å². The molecule has 1 aliphatic rings. The van der Waals surface area contributed by atoms with Gasteiger partial charge in [0, 0.05) is 24.2 Å². The van der Waals surface area contributed by atoms with E-state index in [0.29, 0.717) is 12.4 Å². The van der Waals surface area contributed by atoms with Gasteiger partial charge in [-0.2, -0.15) is 0 Å². The summed E-state index contributed by atoms with van der Waals surface area (Å²) in [5, 5.41) is 0. The Labute approximate surface area is 114 Å². The van der Waals surface area contributed by atoms with Crippen LogP contribution in [0.3, 0.4) is 0 Å². The zero-order valence-electron chi connectivity index (χ0n) is 10.7. The minimum atomic E-state index is -2.88. The number of benzene rings is 1. The SMILES string of the molecule is Cc1ccc(N2CCS(=O)(=O)CC2C)c(CCl)c1. The normalized spacial score (nSPS) is 23.1. The lowest BCUT2D eigenvalue weighted by molar-refractivity contribution is 0.568. The summed E-state index contributed by atoms with van der Waals surface area (Å²) in [6, 6.07) is 6.16. The largest absolute Gasteiger partial charge is 0.367 e. The molecule has 0 amide bonds. The third-order valence-electron chi connectivity index (χ3n) is 3.36. The molecule has 1 atom stereocenters. The molecule has 1 heterocycles. The van der Waals surface area contributed by atoms with Crippen LogP contribution in [0.15, 0.2) is 18.2 Å². The summed E-state index contributed by atoms with van der Waals surface area (Å²) in [5.41, 5.74) is 3.31. The van der Waals surface area contributed by atoms with Crippen LogP contribution in [0.5, 0.6) is 0 Å². The van der Waals surface area contributed by atoms with Gasteiger partial charge in [0.05, 0.1) is 11.5 Å². The summed E-state index contributed by atoms with van der Waals surface area (Å²) < 4.78 is 23.2. The van der Waals surface area contributed by atoms with E-state index >= 15 is 0 Å². The fraction of sp³-hybridized carbons (Fsp3) is 0.538. The molecule has 1 fully saturated rings. The maximum Gasteiger partial charge on any atom is 0.154 e. The Morgan fingerprint density at radius 2 is 2.17 bits per heavy atom. The van der Waals surface area contributed by atoms with E-state index in [4.69, 9.17) is 11.6 Å². The highest BCUT2D eigenvalue weighted by molar-refractivity contribution is 7.91. The Morgan fingerprint density at radius 1 is 1.44 bits per heavy atom. The van der Waals surface area contributed by atoms with Crippen molar-refractivity contribution >= 4 is 27.1 Å². The molecule has 1 aromatic carbocycles. The van der Waals surface area contributed by atoms with E-state index in [-0.39, 0.29) is 17.5 Å². The van der Waals surface area contributed by atoms with Gasteiger partial charge in [0.2, 0.25) is 0 Å². The second kappa shape index (κ2) is 5.10. The van der Waals surface area contributed by atoms with Gasteiger partial charge in [0.15, 0.2) is 9.84 Å². The average Bonchev–Trinajstić information content (AvgIpc) is 2.29. The molecule has 100 valence electrons. The summed E-state index contributed by atoms with van der Waals surface area (Å²) in [4.78, 5) is 2.15. The zero-order valence-corrected chi connectivity index (χ0v) is 12.3. The van der Waals surface area contributed by atoms with Crippen molar-refractivity contribution in [2.75, 3.05) is 23.0 Å². The van der Waals surface area contributed by atoms with Crippen molar-refractivity contribution < 1.29 is 8.42 Å². The second-order valence-electron chi connectivity index (χ2n) is 4.92. The molecule has 0 radical (unpaired) electrons. The maximum atomic E-state index is 11.6. The number of rotatable bonds is 2. The summed E-state index contributed by atoms with van der Waals surface area (Å²) in [6.07, 6.45) is 0. The molecule has 0 bridgehead atoms. The van der Waals surface area contributed by atoms with Crippen LogP contribution in [0, 0.1) is 6.92 Å². The number of aryl methyl sites for hydroxylation is 1. The van der Waals surface area contributed by atoms with E-state index in [1.807, 2.05) is 26.0 Å². The van der Waals surface area contributed by atoms with Crippen LogP contribution in [0.1, 0.15) is 18.1 Å². The molecule has 1 aromatic rings. The lowest BCUT2D eigenvalue weighted by Crippen LogP contribution is -2.47. The summed E-state index contributed by atoms with van der Waals surface area (Å²) in [6.45, 7) is 4.54. The topological polar surface area (TPSA) is 37.4 Å². The van der Waals surface area contributed by atoms with E-state index in [1.165, 1.54) is 5.56 Å². The lowest BCUT2D eigenvalue weighted by atomic mass is 10.1.